The number of fused-ring (bicyclic) bond motifs is 1. The summed E-state index contributed by atoms with van der Waals surface area (Å²) in [5, 5.41) is 0. The molecule has 45 heavy (non-hydrogen) atoms. The summed E-state index contributed by atoms with van der Waals surface area (Å²) in [6.45, 7) is 0. The van der Waals surface area contributed by atoms with Crippen LogP contribution < -0.4 is 4.74 Å². The summed E-state index contributed by atoms with van der Waals surface area (Å²) in [5.74, 6) is -1.94. The lowest BCUT2D eigenvalue weighted by Gasteiger charge is -2.55. The van der Waals surface area contributed by atoms with Crippen molar-refractivity contribution in [1.29, 1.82) is 0 Å². The van der Waals surface area contributed by atoms with Crippen LogP contribution in [0.25, 0.3) is 0 Å². The zero-order valence-corrected chi connectivity index (χ0v) is 31.0. The van der Waals surface area contributed by atoms with Crippen molar-refractivity contribution in [3.8, 4) is 5.75 Å². The van der Waals surface area contributed by atoms with E-state index in [0.29, 0.717) is 41.2 Å². The van der Waals surface area contributed by atoms with Crippen LogP contribution in [0, 0.1) is 58.1 Å². The van der Waals surface area contributed by atoms with Gasteiger partial charge in [0.1, 0.15) is 28.1 Å². The van der Waals surface area contributed by atoms with E-state index in [9.17, 15) is 27.4 Å². The predicted molar refractivity (Wildman–Crippen MR) is 182 cm³/mol. The predicted octanol–water partition coefficient (Wildman–Crippen LogP) is 5.88. The summed E-state index contributed by atoms with van der Waals surface area (Å²) in [5.41, 5.74) is 0.861. The van der Waals surface area contributed by atoms with Crippen molar-refractivity contribution in [3.05, 3.63) is 52.2 Å². The van der Waals surface area contributed by atoms with Crippen LogP contribution in [-0.2, 0) is 29.2 Å². The average Bonchev–Trinajstić information content (AvgIpc) is 3.58. The number of halogens is 3. The standard InChI is InChI=1S/C32H29I3O9S/c33-21-11-23(35)22(34)10-17(21)30(36)43-28-19-9-20-27(32(38)44-29(20)28)26(19)31(37)42-16-1-2-24(45(39,40)41)18(8-16)25-14-4-12-3-13(6-14)7-15(25)5-12/h1-2,8,10-15,19-20,25-29H,3-7,9H2,(H,39,40,41)/p-1. The highest BCUT2D eigenvalue weighted by molar-refractivity contribution is 14.1. The molecule has 0 aromatic heterocycles. The fourth-order valence-electron chi connectivity index (χ4n) is 10.0. The number of ether oxygens (including phenoxy) is 3. The average molecular weight is 969 g/mol. The molecule has 1 aliphatic heterocycles. The summed E-state index contributed by atoms with van der Waals surface area (Å²) in [4.78, 5) is 39.9. The Kier molecular flexibility index (Phi) is 7.81. The number of carbonyl (C=O) groups excluding carboxylic acids is 3. The Balaban J connectivity index is 1.07. The minimum absolute atomic E-state index is 0.0702. The molecule has 9 rings (SSSR count). The van der Waals surface area contributed by atoms with Crippen molar-refractivity contribution < 1.29 is 41.6 Å². The van der Waals surface area contributed by atoms with E-state index >= 15 is 0 Å². The van der Waals surface area contributed by atoms with Gasteiger partial charge in [-0.2, -0.15) is 0 Å². The van der Waals surface area contributed by atoms with E-state index < -0.39 is 58.0 Å². The molecule has 0 radical (unpaired) electrons. The second kappa shape index (κ2) is 11.3. The molecule has 13 heteroatoms. The summed E-state index contributed by atoms with van der Waals surface area (Å²) in [7, 11) is -4.75. The lowest BCUT2D eigenvalue weighted by Crippen LogP contribution is -2.44. The molecule has 6 unspecified atom stereocenters. The van der Waals surface area contributed by atoms with Crippen molar-refractivity contribution in [2.75, 3.05) is 0 Å². The summed E-state index contributed by atoms with van der Waals surface area (Å²) < 4.78 is 57.3. The topological polar surface area (TPSA) is 136 Å². The highest BCUT2D eigenvalue weighted by Crippen LogP contribution is 2.61. The number of rotatable bonds is 6. The monoisotopic (exact) mass is 969 g/mol. The van der Waals surface area contributed by atoms with Gasteiger partial charge in [0, 0.05) is 22.5 Å². The van der Waals surface area contributed by atoms with Crippen LogP contribution in [0.5, 0.6) is 5.75 Å². The summed E-state index contributed by atoms with van der Waals surface area (Å²) in [6.07, 6.45) is 4.43. The minimum Gasteiger partial charge on any atom is -0.744 e. The van der Waals surface area contributed by atoms with Crippen LogP contribution in [0.3, 0.4) is 0 Å². The fourth-order valence-corrected chi connectivity index (χ4v) is 13.0. The van der Waals surface area contributed by atoms with Gasteiger partial charge >= 0.3 is 17.9 Å². The minimum atomic E-state index is -4.75. The number of carbonyl (C=O) groups is 3. The summed E-state index contributed by atoms with van der Waals surface area (Å²) in [6, 6.07) is 7.84. The molecule has 6 atom stereocenters. The van der Waals surface area contributed by atoms with Crippen LogP contribution in [0.4, 0.5) is 0 Å². The zero-order valence-electron chi connectivity index (χ0n) is 23.7. The maximum Gasteiger partial charge on any atom is 0.339 e. The quantitative estimate of drug-likeness (QED) is 0.114. The first-order chi connectivity index (χ1) is 21.4. The largest absolute Gasteiger partial charge is 0.744 e. The molecule has 6 bridgehead atoms. The Hall–Kier alpha value is -1.05. The van der Waals surface area contributed by atoms with Gasteiger partial charge in [-0.15, -0.1) is 0 Å². The van der Waals surface area contributed by atoms with E-state index in [4.69, 9.17) is 14.2 Å². The van der Waals surface area contributed by atoms with Gasteiger partial charge in [0.25, 0.3) is 0 Å². The third-order valence-electron chi connectivity index (χ3n) is 11.3. The molecule has 238 valence electrons. The molecule has 2 aromatic carbocycles. The molecule has 7 fully saturated rings. The smallest absolute Gasteiger partial charge is 0.339 e. The van der Waals surface area contributed by atoms with Crippen molar-refractivity contribution >= 4 is 95.8 Å². The van der Waals surface area contributed by atoms with E-state index in [1.165, 1.54) is 18.6 Å². The third kappa shape index (κ3) is 5.18. The molecule has 0 amide bonds. The first-order valence-corrected chi connectivity index (χ1v) is 19.9. The molecule has 6 saturated carbocycles. The van der Waals surface area contributed by atoms with Gasteiger partial charge in [-0.3, -0.25) is 9.59 Å². The van der Waals surface area contributed by atoms with Gasteiger partial charge in [0.15, 0.2) is 0 Å². The van der Waals surface area contributed by atoms with Gasteiger partial charge in [-0.05, 0) is 172 Å². The lowest BCUT2D eigenvalue weighted by atomic mass is 9.51. The Labute approximate surface area is 301 Å². The molecular weight excluding hydrogens is 941 g/mol. The fraction of sp³-hybridized carbons (Fsp3) is 0.531. The second-order valence-electron chi connectivity index (χ2n) is 13.7. The van der Waals surface area contributed by atoms with Gasteiger partial charge in [0.2, 0.25) is 0 Å². The Bertz CT molecular complexity index is 1730. The molecule has 0 spiro atoms. The molecule has 9 nitrogen and oxygen atoms in total. The maximum atomic E-state index is 13.8. The van der Waals surface area contributed by atoms with Crippen molar-refractivity contribution in [1.82, 2.24) is 0 Å². The van der Waals surface area contributed by atoms with Crippen molar-refractivity contribution in [3.63, 3.8) is 0 Å². The normalized spacial score (nSPS) is 37.2. The number of hydrogen-bond donors (Lipinski definition) is 0. The van der Waals surface area contributed by atoms with Crippen LogP contribution in [0.1, 0.15) is 60.4 Å². The van der Waals surface area contributed by atoms with Gasteiger partial charge in [0.05, 0.1) is 22.3 Å². The van der Waals surface area contributed by atoms with Crippen molar-refractivity contribution in [2.24, 2.45) is 47.3 Å². The van der Waals surface area contributed by atoms with Crippen LogP contribution in [-0.4, -0.2) is 43.1 Å². The van der Waals surface area contributed by atoms with Crippen molar-refractivity contribution in [2.45, 2.75) is 61.5 Å². The molecule has 1 heterocycles. The Morgan fingerprint density at radius 2 is 1.51 bits per heavy atom. The maximum absolute atomic E-state index is 13.8. The molecular formula is C32H28I3O9S-. The second-order valence-corrected chi connectivity index (χ2v) is 18.5. The van der Waals surface area contributed by atoms with E-state index in [-0.39, 0.29) is 22.5 Å². The van der Waals surface area contributed by atoms with E-state index in [2.05, 4.69) is 67.8 Å². The highest BCUT2D eigenvalue weighted by Gasteiger charge is 2.70. The molecule has 1 saturated heterocycles. The van der Waals surface area contributed by atoms with Gasteiger partial charge in [-0.1, -0.05) is 0 Å². The summed E-state index contributed by atoms with van der Waals surface area (Å²) >= 11 is 6.45. The lowest BCUT2D eigenvalue weighted by molar-refractivity contribution is -0.149. The third-order valence-corrected chi connectivity index (χ3v) is 16.0. The van der Waals surface area contributed by atoms with E-state index in [0.717, 1.165) is 36.4 Å². The van der Waals surface area contributed by atoms with Crippen LogP contribution >= 0.6 is 67.8 Å². The zero-order chi connectivity index (χ0) is 31.5. The first kappa shape index (κ1) is 31.2. The molecule has 0 N–H and O–H groups in total. The van der Waals surface area contributed by atoms with Crippen LogP contribution in [0.15, 0.2) is 35.2 Å². The number of esters is 3. The Morgan fingerprint density at radius 3 is 2.18 bits per heavy atom. The first-order valence-electron chi connectivity index (χ1n) is 15.2. The SMILES string of the molecule is O=C(OC1C2CC3C1OC(=O)C3C2C(=O)Oc1ccc(S(=O)(=O)[O-])c(C2C3CC4CC(C3)CC2C4)c1)c1cc(I)c(I)cc1I. The molecule has 2 aromatic rings. The van der Waals surface area contributed by atoms with E-state index in [1.807, 2.05) is 6.07 Å². The molecule has 7 aliphatic rings. The molecule has 6 aliphatic carbocycles. The van der Waals surface area contributed by atoms with Gasteiger partial charge < -0.3 is 18.8 Å². The Morgan fingerprint density at radius 1 is 0.844 bits per heavy atom. The van der Waals surface area contributed by atoms with E-state index in [1.54, 1.807) is 12.1 Å². The highest BCUT2D eigenvalue weighted by atomic mass is 127. The van der Waals surface area contributed by atoms with Crippen LogP contribution in [0.2, 0.25) is 0 Å². The number of benzene rings is 2. The number of hydrogen-bond acceptors (Lipinski definition) is 9. The van der Waals surface area contributed by atoms with Gasteiger partial charge in [-0.25, -0.2) is 13.2 Å².